The van der Waals surface area contributed by atoms with Crippen molar-refractivity contribution in [3.63, 3.8) is 0 Å². The van der Waals surface area contributed by atoms with E-state index in [0.29, 0.717) is 17.0 Å². The fourth-order valence-corrected chi connectivity index (χ4v) is 1.08. The minimum atomic E-state index is -0.643. The first-order valence-corrected chi connectivity index (χ1v) is 4.15. The van der Waals surface area contributed by atoms with Crippen molar-refractivity contribution in [2.75, 3.05) is 19.5 Å². The summed E-state index contributed by atoms with van der Waals surface area (Å²) in [6, 6.07) is 6.84. The van der Waals surface area contributed by atoms with E-state index < -0.39 is 6.09 Å². The van der Waals surface area contributed by atoms with Crippen molar-refractivity contribution in [2.24, 2.45) is 0 Å². The molecule has 0 unspecified atom stereocenters. The highest BCUT2D eigenvalue weighted by Crippen LogP contribution is 2.27. The number of benzene rings is 1. The molecule has 0 spiro atoms. The molecule has 0 bridgehead atoms. The summed E-state index contributed by atoms with van der Waals surface area (Å²) in [7, 11) is 2.70. The Balaban J connectivity index is 3.12. The molecule has 0 fully saturated rings. The molecule has 0 radical (unpaired) electrons. The summed E-state index contributed by atoms with van der Waals surface area (Å²) in [6.07, 6.45) is -0.643. The van der Waals surface area contributed by atoms with Crippen LogP contribution >= 0.6 is 0 Å². The van der Waals surface area contributed by atoms with E-state index in [0.717, 1.165) is 0 Å². The number of nitriles is 1. The van der Waals surface area contributed by atoms with Gasteiger partial charge in [0.05, 0.1) is 19.8 Å². The van der Waals surface area contributed by atoms with Gasteiger partial charge < -0.3 is 9.47 Å². The SMILES string of the molecule is COC(=O)Nc1c(C#N)cccc1OC. The second-order valence-electron chi connectivity index (χ2n) is 2.61. The molecule has 5 nitrogen and oxygen atoms in total. The average molecular weight is 206 g/mol. The molecule has 0 aliphatic carbocycles. The first-order valence-electron chi connectivity index (χ1n) is 4.15. The van der Waals surface area contributed by atoms with E-state index in [1.807, 2.05) is 6.07 Å². The minimum Gasteiger partial charge on any atom is -0.495 e. The highest BCUT2D eigenvalue weighted by molar-refractivity contribution is 5.88. The van der Waals surface area contributed by atoms with Crippen LogP contribution in [0.4, 0.5) is 10.5 Å². The van der Waals surface area contributed by atoms with Gasteiger partial charge in [-0.1, -0.05) is 6.07 Å². The lowest BCUT2D eigenvalue weighted by Gasteiger charge is -2.10. The van der Waals surface area contributed by atoms with Gasteiger partial charge in [0.1, 0.15) is 17.5 Å². The van der Waals surface area contributed by atoms with Crippen molar-refractivity contribution >= 4 is 11.8 Å². The van der Waals surface area contributed by atoms with Gasteiger partial charge in [-0.2, -0.15) is 5.26 Å². The lowest BCUT2D eigenvalue weighted by molar-refractivity contribution is 0.187. The number of carbonyl (C=O) groups excluding carboxylic acids is 1. The molecule has 15 heavy (non-hydrogen) atoms. The standard InChI is InChI=1S/C10H10N2O3/c1-14-8-5-3-4-7(6-11)9(8)12-10(13)15-2/h3-5H,1-2H3,(H,12,13). The molecule has 1 aromatic carbocycles. The van der Waals surface area contributed by atoms with Gasteiger partial charge in [-0.15, -0.1) is 0 Å². The molecule has 1 N–H and O–H groups in total. The molecule has 0 atom stereocenters. The molecule has 1 aromatic rings. The van der Waals surface area contributed by atoms with Crippen LogP contribution < -0.4 is 10.1 Å². The van der Waals surface area contributed by atoms with Crippen LogP contribution in [0.1, 0.15) is 5.56 Å². The molecule has 0 saturated heterocycles. The third-order valence-corrected chi connectivity index (χ3v) is 1.78. The molecule has 0 aromatic heterocycles. The predicted molar refractivity (Wildman–Crippen MR) is 53.7 cm³/mol. The van der Waals surface area contributed by atoms with Crippen LogP contribution in [-0.2, 0) is 4.74 Å². The van der Waals surface area contributed by atoms with Crippen LogP contribution in [-0.4, -0.2) is 20.3 Å². The second-order valence-corrected chi connectivity index (χ2v) is 2.61. The van der Waals surface area contributed by atoms with Crippen molar-refractivity contribution in [3.8, 4) is 11.8 Å². The number of nitrogens with one attached hydrogen (secondary N) is 1. The smallest absolute Gasteiger partial charge is 0.411 e. The summed E-state index contributed by atoms with van der Waals surface area (Å²) >= 11 is 0. The largest absolute Gasteiger partial charge is 0.495 e. The highest BCUT2D eigenvalue weighted by Gasteiger charge is 2.11. The number of ether oxygens (including phenoxy) is 2. The number of anilines is 1. The summed E-state index contributed by atoms with van der Waals surface area (Å²) in [5.41, 5.74) is 0.633. The summed E-state index contributed by atoms with van der Waals surface area (Å²) in [6.45, 7) is 0. The number of para-hydroxylation sites is 1. The first kappa shape index (κ1) is 10.9. The van der Waals surface area contributed by atoms with Crippen molar-refractivity contribution in [1.29, 1.82) is 5.26 Å². The van der Waals surface area contributed by atoms with Crippen molar-refractivity contribution < 1.29 is 14.3 Å². The molecule has 1 rings (SSSR count). The van der Waals surface area contributed by atoms with Crippen LogP contribution in [0.5, 0.6) is 5.75 Å². The number of rotatable bonds is 2. The maximum Gasteiger partial charge on any atom is 0.411 e. The summed E-state index contributed by atoms with van der Waals surface area (Å²) < 4.78 is 9.45. The van der Waals surface area contributed by atoms with Gasteiger partial charge in [-0.05, 0) is 12.1 Å². The van der Waals surface area contributed by atoms with Gasteiger partial charge in [0.2, 0.25) is 0 Å². The Morgan fingerprint density at radius 2 is 2.20 bits per heavy atom. The zero-order valence-corrected chi connectivity index (χ0v) is 8.40. The lowest BCUT2D eigenvalue weighted by atomic mass is 10.2. The van der Waals surface area contributed by atoms with Crippen LogP contribution in [0.3, 0.4) is 0 Å². The Kier molecular flexibility index (Phi) is 3.52. The Morgan fingerprint density at radius 1 is 1.47 bits per heavy atom. The van der Waals surface area contributed by atoms with Gasteiger partial charge >= 0.3 is 6.09 Å². The fraction of sp³-hybridized carbons (Fsp3) is 0.200. The Hall–Kier alpha value is -2.22. The molecule has 5 heteroatoms. The molecule has 0 saturated carbocycles. The van der Waals surface area contributed by atoms with Gasteiger partial charge in [-0.3, -0.25) is 5.32 Å². The van der Waals surface area contributed by atoms with Crippen LogP contribution in [0.15, 0.2) is 18.2 Å². The maximum absolute atomic E-state index is 11.0. The van der Waals surface area contributed by atoms with Crippen molar-refractivity contribution in [1.82, 2.24) is 0 Å². The zero-order valence-electron chi connectivity index (χ0n) is 8.40. The van der Waals surface area contributed by atoms with E-state index >= 15 is 0 Å². The van der Waals surface area contributed by atoms with Gasteiger partial charge in [0.15, 0.2) is 0 Å². The maximum atomic E-state index is 11.0. The minimum absolute atomic E-state index is 0.314. The Morgan fingerprint density at radius 3 is 2.73 bits per heavy atom. The molecule has 0 aliphatic heterocycles. The molecule has 0 heterocycles. The number of nitrogens with zero attached hydrogens (tertiary/aromatic N) is 1. The van der Waals surface area contributed by atoms with E-state index in [1.54, 1.807) is 18.2 Å². The van der Waals surface area contributed by atoms with E-state index in [4.69, 9.17) is 10.00 Å². The topological polar surface area (TPSA) is 71.3 Å². The van der Waals surface area contributed by atoms with E-state index in [-0.39, 0.29) is 0 Å². The molecular formula is C10H10N2O3. The summed E-state index contributed by atoms with van der Waals surface area (Å²) in [5.74, 6) is 0.416. The number of carbonyl (C=O) groups is 1. The Labute approximate surface area is 87.2 Å². The molecule has 78 valence electrons. The van der Waals surface area contributed by atoms with Crippen LogP contribution in [0, 0.1) is 11.3 Å². The lowest BCUT2D eigenvalue weighted by Crippen LogP contribution is -2.12. The quantitative estimate of drug-likeness (QED) is 0.800. The fourth-order valence-electron chi connectivity index (χ4n) is 1.08. The molecular weight excluding hydrogens is 196 g/mol. The number of hydrogen-bond donors (Lipinski definition) is 1. The van der Waals surface area contributed by atoms with Crippen molar-refractivity contribution in [2.45, 2.75) is 0 Å². The summed E-state index contributed by atoms with van der Waals surface area (Å²) in [5, 5.41) is 11.2. The van der Waals surface area contributed by atoms with Crippen LogP contribution in [0.2, 0.25) is 0 Å². The molecule has 1 amide bonds. The first-order chi connectivity index (χ1) is 7.22. The number of amides is 1. The predicted octanol–water partition coefficient (Wildman–Crippen LogP) is 1.75. The summed E-state index contributed by atoms with van der Waals surface area (Å²) in [4.78, 5) is 11.0. The third-order valence-electron chi connectivity index (χ3n) is 1.78. The highest BCUT2D eigenvalue weighted by atomic mass is 16.5. The van der Waals surface area contributed by atoms with E-state index in [2.05, 4.69) is 10.1 Å². The molecule has 0 aliphatic rings. The van der Waals surface area contributed by atoms with Gasteiger partial charge in [-0.25, -0.2) is 4.79 Å². The Bertz CT molecular complexity index is 410. The third kappa shape index (κ3) is 2.38. The van der Waals surface area contributed by atoms with Crippen LogP contribution in [0.25, 0.3) is 0 Å². The number of methoxy groups -OCH3 is 2. The van der Waals surface area contributed by atoms with E-state index in [9.17, 15) is 4.79 Å². The van der Waals surface area contributed by atoms with E-state index in [1.165, 1.54) is 14.2 Å². The monoisotopic (exact) mass is 206 g/mol. The zero-order chi connectivity index (χ0) is 11.3. The van der Waals surface area contributed by atoms with Gasteiger partial charge in [0.25, 0.3) is 0 Å². The second kappa shape index (κ2) is 4.86. The average Bonchev–Trinajstić information content (AvgIpc) is 2.29. The normalized spacial score (nSPS) is 8.87. The van der Waals surface area contributed by atoms with Gasteiger partial charge in [0, 0.05) is 0 Å². The number of hydrogen-bond acceptors (Lipinski definition) is 4. The van der Waals surface area contributed by atoms with Crippen molar-refractivity contribution in [3.05, 3.63) is 23.8 Å².